The van der Waals surface area contributed by atoms with E-state index in [1.807, 2.05) is 74.5 Å². The molecule has 2 aliphatic rings. The minimum absolute atomic E-state index is 0. The Hall–Kier alpha value is -3.46. The molecule has 1 saturated heterocycles. The summed E-state index contributed by atoms with van der Waals surface area (Å²) in [6.07, 6.45) is 0. The van der Waals surface area contributed by atoms with Gasteiger partial charge in [0.1, 0.15) is 29.9 Å². The molecule has 2 aliphatic heterocycles. The molecule has 2 atom stereocenters. The number of halogens is 3. The normalized spacial score (nSPS) is 17.8. The predicted molar refractivity (Wildman–Crippen MR) is 188 cm³/mol. The van der Waals surface area contributed by atoms with E-state index in [2.05, 4.69) is 26.1 Å². The standard InChI is InChI=1S/C34H38Cl2N4O4.CH4.ClH/c1-6-43-27-19-26(34(3,4)5)28(44-7-2)18-25(27)32-38-30(21-8-12-23(35)13-9-21)31(22-10-14-24(36)15-11-22)40(32)33(42)39-17-16-37-29(41)20-39;;/h8-15,18-19,30-31H,6-7,16-17,20H2,1-5H3,(H,37,41);1H4;1H/t30-,31+;;/m0../s1. The van der Waals surface area contributed by atoms with Crippen LogP contribution in [0.25, 0.3) is 0 Å². The highest BCUT2D eigenvalue weighted by Crippen LogP contribution is 2.47. The second kappa shape index (κ2) is 15.4. The van der Waals surface area contributed by atoms with Gasteiger partial charge in [0.2, 0.25) is 5.91 Å². The van der Waals surface area contributed by atoms with E-state index >= 15 is 0 Å². The van der Waals surface area contributed by atoms with Crippen LogP contribution < -0.4 is 14.8 Å². The average molecular weight is 690 g/mol. The molecule has 3 aromatic rings. The molecule has 0 aromatic heterocycles. The second-order valence-electron chi connectivity index (χ2n) is 11.8. The zero-order chi connectivity index (χ0) is 31.6. The van der Waals surface area contributed by atoms with Crippen LogP contribution in [-0.2, 0) is 10.2 Å². The number of ether oxygens (including phenoxy) is 2. The Labute approximate surface area is 288 Å². The van der Waals surface area contributed by atoms with Gasteiger partial charge in [-0.25, -0.2) is 4.79 Å². The van der Waals surface area contributed by atoms with Crippen molar-refractivity contribution in [2.45, 2.75) is 59.5 Å². The Morgan fingerprint density at radius 2 is 1.50 bits per heavy atom. The lowest BCUT2D eigenvalue weighted by atomic mass is 9.85. The fraction of sp³-hybridized carbons (Fsp3) is 0.400. The summed E-state index contributed by atoms with van der Waals surface area (Å²) >= 11 is 12.6. The van der Waals surface area contributed by atoms with Gasteiger partial charge in [0.15, 0.2) is 0 Å². The van der Waals surface area contributed by atoms with Gasteiger partial charge in [-0.05, 0) is 66.8 Å². The van der Waals surface area contributed by atoms with Gasteiger partial charge in [-0.2, -0.15) is 0 Å². The first-order valence-corrected chi connectivity index (χ1v) is 15.7. The number of carbonyl (C=O) groups is 2. The SMILES string of the molecule is C.CCOc1cc(C(C)(C)C)c(OCC)cc1C1=N[C@@H](c2ccc(Cl)cc2)[C@@H](c2ccc(Cl)cc2)N1C(=O)N1CCNC(=O)C1.Cl. The number of hydrogen-bond acceptors (Lipinski definition) is 5. The van der Waals surface area contributed by atoms with Gasteiger partial charge < -0.3 is 19.7 Å². The smallest absolute Gasteiger partial charge is 0.326 e. The summed E-state index contributed by atoms with van der Waals surface area (Å²) in [7, 11) is 0. The molecule has 0 spiro atoms. The zero-order valence-corrected chi connectivity index (χ0v) is 28.4. The molecule has 0 aliphatic carbocycles. The summed E-state index contributed by atoms with van der Waals surface area (Å²) in [6.45, 7) is 11.8. The van der Waals surface area contributed by atoms with Gasteiger partial charge >= 0.3 is 6.03 Å². The lowest BCUT2D eigenvalue weighted by molar-refractivity contribution is -0.123. The first-order valence-electron chi connectivity index (χ1n) is 14.9. The van der Waals surface area contributed by atoms with Crippen molar-refractivity contribution in [2.75, 3.05) is 32.8 Å². The van der Waals surface area contributed by atoms with E-state index in [-0.39, 0.29) is 43.7 Å². The van der Waals surface area contributed by atoms with Crippen molar-refractivity contribution in [3.63, 3.8) is 0 Å². The number of nitrogens with zero attached hydrogens (tertiary/aromatic N) is 3. The lowest BCUT2D eigenvalue weighted by Gasteiger charge is -2.36. The quantitative estimate of drug-likeness (QED) is 0.271. The van der Waals surface area contributed by atoms with E-state index in [9.17, 15) is 9.59 Å². The third kappa shape index (κ3) is 7.73. The van der Waals surface area contributed by atoms with Crippen LogP contribution in [0.15, 0.2) is 65.7 Å². The van der Waals surface area contributed by atoms with E-state index in [0.29, 0.717) is 59.2 Å². The van der Waals surface area contributed by atoms with Gasteiger partial charge in [0.25, 0.3) is 0 Å². The Kier molecular flexibility index (Phi) is 12.4. The molecule has 1 N–H and O–H groups in total. The molecular formula is C35H43Cl3N4O4. The van der Waals surface area contributed by atoms with Gasteiger partial charge in [0, 0.05) is 28.7 Å². The van der Waals surface area contributed by atoms with Gasteiger partial charge in [0.05, 0.1) is 24.8 Å². The van der Waals surface area contributed by atoms with Crippen LogP contribution in [-0.4, -0.2) is 60.4 Å². The number of benzene rings is 3. The molecule has 3 aromatic carbocycles. The van der Waals surface area contributed by atoms with Crippen molar-refractivity contribution < 1.29 is 19.1 Å². The topological polar surface area (TPSA) is 83.5 Å². The van der Waals surface area contributed by atoms with E-state index in [1.54, 1.807) is 9.80 Å². The van der Waals surface area contributed by atoms with Crippen molar-refractivity contribution >= 4 is 53.4 Å². The predicted octanol–water partition coefficient (Wildman–Crippen LogP) is 8.24. The molecule has 11 heteroatoms. The Bertz CT molecular complexity index is 1560. The van der Waals surface area contributed by atoms with Crippen molar-refractivity contribution in [1.29, 1.82) is 0 Å². The summed E-state index contributed by atoms with van der Waals surface area (Å²) in [5.41, 5.74) is 3.11. The molecule has 248 valence electrons. The second-order valence-corrected chi connectivity index (χ2v) is 12.7. The van der Waals surface area contributed by atoms with Crippen LogP contribution in [0.4, 0.5) is 4.79 Å². The van der Waals surface area contributed by atoms with Crippen LogP contribution in [0.1, 0.15) is 76.4 Å². The van der Waals surface area contributed by atoms with E-state index in [4.69, 9.17) is 37.7 Å². The lowest BCUT2D eigenvalue weighted by Crippen LogP contribution is -2.55. The number of urea groups is 1. The fourth-order valence-corrected chi connectivity index (χ4v) is 5.93. The van der Waals surface area contributed by atoms with Crippen molar-refractivity contribution in [1.82, 2.24) is 15.1 Å². The zero-order valence-electron chi connectivity index (χ0n) is 26.1. The number of amidine groups is 1. The Morgan fingerprint density at radius 3 is 2.04 bits per heavy atom. The highest BCUT2D eigenvalue weighted by molar-refractivity contribution is 6.30. The molecule has 8 nitrogen and oxygen atoms in total. The van der Waals surface area contributed by atoms with E-state index in [1.165, 1.54) is 0 Å². The number of aliphatic imine (C=N–C) groups is 1. The van der Waals surface area contributed by atoms with Crippen LogP contribution in [0.2, 0.25) is 10.0 Å². The molecule has 46 heavy (non-hydrogen) atoms. The molecule has 5 rings (SSSR count). The van der Waals surface area contributed by atoms with Crippen LogP contribution in [0.3, 0.4) is 0 Å². The van der Waals surface area contributed by atoms with Crippen molar-refractivity contribution in [2.24, 2.45) is 4.99 Å². The van der Waals surface area contributed by atoms with Crippen LogP contribution in [0.5, 0.6) is 11.5 Å². The first kappa shape index (κ1) is 37.0. The minimum Gasteiger partial charge on any atom is -0.494 e. The highest BCUT2D eigenvalue weighted by atomic mass is 35.5. The first-order chi connectivity index (χ1) is 21.0. The highest BCUT2D eigenvalue weighted by Gasteiger charge is 2.45. The van der Waals surface area contributed by atoms with Gasteiger partial charge in [-0.15, -0.1) is 12.4 Å². The maximum absolute atomic E-state index is 14.6. The third-order valence-corrected chi connectivity index (χ3v) is 8.24. The van der Waals surface area contributed by atoms with Crippen LogP contribution in [0, 0.1) is 0 Å². The van der Waals surface area contributed by atoms with Gasteiger partial charge in [-0.1, -0.05) is 75.7 Å². The average Bonchev–Trinajstić information content (AvgIpc) is 3.38. The van der Waals surface area contributed by atoms with E-state index < -0.39 is 12.1 Å². The number of nitrogens with one attached hydrogen (secondary N) is 1. The maximum atomic E-state index is 14.6. The molecular weight excluding hydrogens is 647 g/mol. The number of amides is 3. The molecule has 0 radical (unpaired) electrons. The Balaban J connectivity index is 0.00000288. The number of hydrogen-bond donors (Lipinski definition) is 1. The Morgan fingerprint density at radius 1 is 0.935 bits per heavy atom. The number of piperazine rings is 1. The molecule has 0 unspecified atom stereocenters. The minimum atomic E-state index is -0.548. The molecule has 2 heterocycles. The van der Waals surface area contributed by atoms with Crippen molar-refractivity contribution in [3.05, 3.63) is 93.0 Å². The summed E-state index contributed by atoms with van der Waals surface area (Å²) in [5, 5.41) is 4.00. The third-order valence-electron chi connectivity index (χ3n) is 7.74. The van der Waals surface area contributed by atoms with E-state index in [0.717, 1.165) is 16.7 Å². The van der Waals surface area contributed by atoms with Crippen molar-refractivity contribution in [3.8, 4) is 11.5 Å². The molecule has 0 bridgehead atoms. The largest absolute Gasteiger partial charge is 0.494 e. The molecule has 0 saturated carbocycles. The maximum Gasteiger partial charge on any atom is 0.326 e. The summed E-state index contributed by atoms with van der Waals surface area (Å²) in [4.78, 5) is 35.5. The molecule has 1 fully saturated rings. The summed E-state index contributed by atoms with van der Waals surface area (Å²) < 4.78 is 12.4. The fourth-order valence-electron chi connectivity index (χ4n) is 5.68. The van der Waals surface area contributed by atoms with Gasteiger partial charge in [-0.3, -0.25) is 14.7 Å². The number of rotatable bonds is 7. The molecule has 3 amide bonds. The summed E-state index contributed by atoms with van der Waals surface area (Å²) in [6, 6.07) is 17.5. The van der Waals surface area contributed by atoms with Crippen LogP contribution >= 0.6 is 35.6 Å². The monoisotopic (exact) mass is 688 g/mol. The summed E-state index contributed by atoms with van der Waals surface area (Å²) in [5.74, 6) is 1.53. The number of carbonyl (C=O) groups excluding carboxylic acids is 2.